The number of carbonyl (C=O) groups excluding carboxylic acids is 1. The lowest BCUT2D eigenvalue weighted by Crippen LogP contribution is -2.46. The molecule has 23 heavy (non-hydrogen) atoms. The zero-order valence-corrected chi connectivity index (χ0v) is 15.0. The zero-order valence-electron chi connectivity index (χ0n) is 14.2. The third kappa shape index (κ3) is 7.00. The van der Waals surface area contributed by atoms with E-state index in [1.807, 2.05) is 31.2 Å². The van der Waals surface area contributed by atoms with E-state index in [2.05, 4.69) is 4.72 Å². The molecule has 1 aromatic carbocycles. The predicted molar refractivity (Wildman–Crippen MR) is 90.8 cm³/mol. The molecule has 0 fully saturated rings. The first-order valence-electron chi connectivity index (χ1n) is 7.65. The van der Waals surface area contributed by atoms with E-state index in [9.17, 15) is 13.2 Å². The molecular weight excluding hydrogens is 316 g/mol. The minimum absolute atomic E-state index is 0.230. The molecule has 1 rings (SSSR count). The van der Waals surface area contributed by atoms with Gasteiger partial charge in [0.15, 0.2) is 0 Å². The van der Waals surface area contributed by atoms with Crippen molar-refractivity contribution in [2.75, 3.05) is 19.9 Å². The molecule has 0 heterocycles. The van der Waals surface area contributed by atoms with Gasteiger partial charge in [0, 0.05) is 13.1 Å². The van der Waals surface area contributed by atoms with Crippen LogP contribution in [0.1, 0.15) is 32.3 Å². The maximum Gasteiger partial charge on any atom is 0.240 e. The summed E-state index contributed by atoms with van der Waals surface area (Å²) in [6.45, 7) is 4.62. The highest BCUT2D eigenvalue weighted by Crippen LogP contribution is 2.15. The third-order valence-electron chi connectivity index (χ3n) is 3.36. The molecule has 0 aliphatic carbocycles. The number of hydrogen-bond donors (Lipinski definition) is 1. The highest BCUT2D eigenvalue weighted by molar-refractivity contribution is 7.88. The number of ether oxygens (including phenoxy) is 1. The summed E-state index contributed by atoms with van der Waals surface area (Å²) in [7, 11) is -1.83. The van der Waals surface area contributed by atoms with E-state index in [0.29, 0.717) is 13.1 Å². The summed E-state index contributed by atoms with van der Waals surface area (Å²) < 4.78 is 30.2. The predicted octanol–water partition coefficient (Wildman–Crippen LogP) is 1.76. The van der Waals surface area contributed by atoms with Crippen molar-refractivity contribution in [1.82, 2.24) is 9.62 Å². The molecule has 0 spiro atoms. The highest BCUT2D eigenvalue weighted by atomic mass is 32.2. The smallest absolute Gasteiger partial charge is 0.240 e. The molecule has 0 radical (unpaired) electrons. The minimum atomic E-state index is -3.42. The average molecular weight is 342 g/mol. The second kappa shape index (κ2) is 8.88. The van der Waals surface area contributed by atoms with Gasteiger partial charge in [-0.05, 0) is 31.0 Å². The van der Waals surface area contributed by atoms with E-state index < -0.39 is 16.1 Å². The third-order valence-corrected chi connectivity index (χ3v) is 4.14. The Bertz CT molecular complexity index is 616. The van der Waals surface area contributed by atoms with Crippen molar-refractivity contribution in [3.05, 3.63) is 29.8 Å². The van der Waals surface area contributed by atoms with Crippen LogP contribution in [0, 0.1) is 0 Å². The average Bonchev–Trinajstić information content (AvgIpc) is 2.49. The van der Waals surface area contributed by atoms with Crippen LogP contribution in [0.5, 0.6) is 5.75 Å². The number of unbranched alkanes of at least 4 members (excludes halogenated alkanes) is 1. The molecule has 0 bridgehead atoms. The lowest BCUT2D eigenvalue weighted by Gasteiger charge is -2.26. The molecule has 1 N–H and O–H groups in total. The van der Waals surface area contributed by atoms with Crippen LogP contribution >= 0.6 is 0 Å². The summed E-state index contributed by atoms with van der Waals surface area (Å²) in [4.78, 5) is 14.2. The van der Waals surface area contributed by atoms with Gasteiger partial charge < -0.3 is 9.64 Å². The van der Waals surface area contributed by atoms with Crippen molar-refractivity contribution in [3.63, 3.8) is 0 Å². The van der Waals surface area contributed by atoms with Gasteiger partial charge in [-0.25, -0.2) is 13.1 Å². The number of carbonyl (C=O) groups is 1. The fourth-order valence-electron chi connectivity index (χ4n) is 2.25. The van der Waals surface area contributed by atoms with Gasteiger partial charge in [0.25, 0.3) is 0 Å². The maximum absolute atomic E-state index is 12.6. The topological polar surface area (TPSA) is 75.7 Å². The van der Waals surface area contributed by atoms with Gasteiger partial charge in [-0.1, -0.05) is 25.5 Å². The summed E-state index contributed by atoms with van der Waals surface area (Å²) in [5, 5.41) is 0. The molecule has 0 aromatic heterocycles. The van der Waals surface area contributed by atoms with Crippen LogP contribution in [0.15, 0.2) is 24.3 Å². The first-order chi connectivity index (χ1) is 10.8. The Morgan fingerprint density at radius 3 is 2.65 bits per heavy atom. The van der Waals surface area contributed by atoms with E-state index in [1.165, 1.54) is 0 Å². The highest BCUT2D eigenvalue weighted by Gasteiger charge is 2.23. The lowest BCUT2D eigenvalue weighted by molar-refractivity contribution is -0.133. The number of nitrogens with one attached hydrogen (secondary N) is 1. The van der Waals surface area contributed by atoms with Gasteiger partial charge in [-0.15, -0.1) is 0 Å². The van der Waals surface area contributed by atoms with Crippen molar-refractivity contribution in [1.29, 1.82) is 0 Å². The van der Waals surface area contributed by atoms with Gasteiger partial charge in [0.1, 0.15) is 5.75 Å². The first-order valence-corrected chi connectivity index (χ1v) is 9.55. The number of sulfonamides is 1. The number of methoxy groups -OCH3 is 1. The van der Waals surface area contributed by atoms with Gasteiger partial charge in [-0.2, -0.15) is 0 Å². The van der Waals surface area contributed by atoms with Gasteiger partial charge >= 0.3 is 0 Å². The van der Waals surface area contributed by atoms with Crippen molar-refractivity contribution in [2.45, 2.75) is 39.3 Å². The van der Waals surface area contributed by atoms with Crippen molar-refractivity contribution >= 4 is 15.9 Å². The number of amides is 1. The summed E-state index contributed by atoms with van der Waals surface area (Å²) in [6, 6.07) is 6.72. The van der Waals surface area contributed by atoms with Gasteiger partial charge in [0.2, 0.25) is 15.9 Å². The van der Waals surface area contributed by atoms with E-state index in [1.54, 1.807) is 18.9 Å². The molecule has 1 aromatic rings. The van der Waals surface area contributed by atoms with E-state index in [-0.39, 0.29) is 5.91 Å². The minimum Gasteiger partial charge on any atom is -0.497 e. The van der Waals surface area contributed by atoms with Crippen LogP contribution in [0.4, 0.5) is 0 Å². The molecule has 6 nitrogen and oxygen atoms in total. The lowest BCUT2D eigenvalue weighted by atomic mass is 10.1. The Kier molecular flexibility index (Phi) is 7.51. The fourth-order valence-corrected chi connectivity index (χ4v) is 3.00. The number of nitrogens with zero attached hydrogens (tertiary/aromatic N) is 1. The van der Waals surface area contributed by atoms with Crippen molar-refractivity contribution in [2.24, 2.45) is 0 Å². The monoisotopic (exact) mass is 342 g/mol. The van der Waals surface area contributed by atoms with Gasteiger partial charge in [-0.3, -0.25) is 4.79 Å². The van der Waals surface area contributed by atoms with E-state index >= 15 is 0 Å². The molecule has 1 atom stereocenters. The molecular formula is C16H26N2O4S. The molecule has 130 valence electrons. The zero-order chi connectivity index (χ0) is 17.5. The molecule has 1 amide bonds. The molecule has 0 saturated carbocycles. The number of benzene rings is 1. The van der Waals surface area contributed by atoms with Crippen LogP contribution < -0.4 is 9.46 Å². The van der Waals surface area contributed by atoms with Crippen LogP contribution in [0.3, 0.4) is 0 Å². The molecule has 0 aliphatic rings. The number of rotatable bonds is 9. The van der Waals surface area contributed by atoms with Crippen LogP contribution in [-0.4, -0.2) is 45.2 Å². The van der Waals surface area contributed by atoms with Crippen LogP contribution in [0.25, 0.3) is 0 Å². The number of hydrogen-bond acceptors (Lipinski definition) is 4. The SMILES string of the molecule is CCCCN(Cc1cccc(OC)c1)C(=O)C(C)NS(C)(=O)=O. The fraction of sp³-hybridized carbons (Fsp3) is 0.562. The summed E-state index contributed by atoms with van der Waals surface area (Å²) in [5.41, 5.74) is 0.945. The van der Waals surface area contributed by atoms with Crippen LogP contribution in [-0.2, 0) is 21.4 Å². The van der Waals surface area contributed by atoms with Gasteiger partial charge in [0.05, 0.1) is 19.4 Å². The normalized spacial score (nSPS) is 12.7. The van der Waals surface area contributed by atoms with Crippen molar-refractivity contribution in [3.8, 4) is 5.75 Å². The van der Waals surface area contributed by atoms with E-state index in [4.69, 9.17) is 4.74 Å². The van der Waals surface area contributed by atoms with E-state index in [0.717, 1.165) is 30.4 Å². The molecule has 1 unspecified atom stereocenters. The second-order valence-corrected chi connectivity index (χ2v) is 7.36. The summed E-state index contributed by atoms with van der Waals surface area (Å²) in [5.74, 6) is 0.499. The Balaban J connectivity index is 2.87. The molecule has 7 heteroatoms. The van der Waals surface area contributed by atoms with Crippen molar-refractivity contribution < 1.29 is 17.9 Å². The molecule has 0 saturated heterocycles. The Morgan fingerprint density at radius 1 is 1.39 bits per heavy atom. The maximum atomic E-state index is 12.6. The standard InChI is InChI=1S/C16H26N2O4S/c1-5-6-10-18(16(19)13(2)17-23(4,20)21)12-14-8-7-9-15(11-14)22-3/h7-9,11,13,17H,5-6,10,12H2,1-4H3. The summed E-state index contributed by atoms with van der Waals surface area (Å²) in [6.07, 6.45) is 2.87. The Labute approximate surface area is 138 Å². The largest absolute Gasteiger partial charge is 0.497 e. The second-order valence-electron chi connectivity index (χ2n) is 5.58. The quantitative estimate of drug-likeness (QED) is 0.742. The first kappa shape index (κ1) is 19.4. The molecule has 0 aliphatic heterocycles. The Hall–Kier alpha value is -1.60. The van der Waals surface area contributed by atoms with Crippen LogP contribution in [0.2, 0.25) is 0 Å². The summed E-state index contributed by atoms with van der Waals surface area (Å²) >= 11 is 0. The Morgan fingerprint density at radius 2 is 2.09 bits per heavy atom.